The maximum absolute atomic E-state index is 7.29. The van der Waals surface area contributed by atoms with Crippen molar-refractivity contribution in [3.63, 3.8) is 0 Å². The van der Waals surface area contributed by atoms with Gasteiger partial charge >= 0.3 is 0 Å². The molecule has 1 unspecified atom stereocenters. The summed E-state index contributed by atoms with van der Waals surface area (Å²) in [5.41, 5.74) is 2.66. The molecule has 0 saturated carbocycles. The van der Waals surface area contributed by atoms with Crippen LogP contribution in [0.3, 0.4) is 0 Å². The highest BCUT2D eigenvalue weighted by molar-refractivity contribution is 5.29. The van der Waals surface area contributed by atoms with Crippen LogP contribution >= 0.6 is 0 Å². The Morgan fingerprint density at radius 1 is 0.947 bits per heavy atom. The average Bonchev–Trinajstić information content (AvgIpc) is 2.45. The van der Waals surface area contributed by atoms with Crippen LogP contribution in [0.4, 0.5) is 0 Å². The largest absolute Gasteiger partial charge is 0.0809 e. The van der Waals surface area contributed by atoms with Gasteiger partial charge in [-0.25, -0.2) is 0 Å². The molecule has 0 aliphatic rings. The van der Waals surface area contributed by atoms with Crippen molar-refractivity contribution in [1.82, 2.24) is 0 Å². The summed E-state index contributed by atoms with van der Waals surface area (Å²) >= 11 is 0. The van der Waals surface area contributed by atoms with Crippen LogP contribution < -0.4 is 0 Å². The average molecular weight is 255 g/mol. The van der Waals surface area contributed by atoms with E-state index in [0.29, 0.717) is 0 Å². The topological polar surface area (TPSA) is 0 Å². The van der Waals surface area contributed by atoms with Crippen LogP contribution in [0.25, 0.3) is 0 Å². The SMILES string of the molecule is [C]#CC(CC)c1ccc(CCCCCCCC)cc1. The Bertz CT molecular complexity index is 366. The third kappa shape index (κ3) is 5.97. The molecule has 19 heavy (non-hydrogen) atoms. The zero-order chi connectivity index (χ0) is 13.9. The second-order valence-corrected chi connectivity index (χ2v) is 5.36. The van der Waals surface area contributed by atoms with E-state index in [1.54, 1.807) is 0 Å². The summed E-state index contributed by atoms with van der Waals surface area (Å²) < 4.78 is 0. The number of hydrogen-bond acceptors (Lipinski definition) is 0. The van der Waals surface area contributed by atoms with Crippen LogP contribution in [0.5, 0.6) is 0 Å². The zero-order valence-corrected chi connectivity index (χ0v) is 12.5. The van der Waals surface area contributed by atoms with E-state index in [1.807, 2.05) is 0 Å². The minimum atomic E-state index is 0.170. The summed E-state index contributed by atoms with van der Waals surface area (Å²) in [5, 5.41) is 0. The molecule has 0 aliphatic carbocycles. The first-order valence-corrected chi connectivity index (χ1v) is 7.82. The van der Waals surface area contributed by atoms with Crippen molar-refractivity contribution in [2.75, 3.05) is 0 Å². The molecule has 0 N–H and O–H groups in total. The monoisotopic (exact) mass is 255 g/mol. The first-order valence-electron chi connectivity index (χ1n) is 7.82. The first kappa shape index (κ1) is 15.8. The Balaban J connectivity index is 2.30. The smallest absolute Gasteiger partial charge is 0.0459 e. The van der Waals surface area contributed by atoms with Gasteiger partial charge in [-0.05, 0) is 36.8 Å². The summed E-state index contributed by atoms with van der Waals surface area (Å²) in [6.45, 7) is 4.37. The van der Waals surface area contributed by atoms with E-state index in [4.69, 9.17) is 6.42 Å². The zero-order valence-electron chi connectivity index (χ0n) is 12.5. The van der Waals surface area contributed by atoms with Crippen LogP contribution in [0.2, 0.25) is 0 Å². The van der Waals surface area contributed by atoms with Gasteiger partial charge in [0.25, 0.3) is 0 Å². The van der Waals surface area contributed by atoms with Crippen LogP contribution in [0.1, 0.15) is 75.8 Å². The first-order chi connectivity index (χ1) is 9.31. The third-order valence-corrected chi connectivity index (χ3v) is 3.78. The van der Waals surface area contributed by atoms with Gasteiger partial charge in [0.1, 0.15) is 0 Å². The summed E-state index contributed by atoms with van der Waals surface area (Å²) in [6.07, 6.45) is 17.6. The predicted octanol–water partition coefficient (Wildman–Crippen LogP) is 5.67. The van der Waals surface area contributed by atoms with E-state index >= 15 is 0 Å². The maximum atomic E-state index is 7.29. The summed E-state index contributed by atoms with van der Waals surface area (Å²) in [5.74, 6) is 2.78. The lowest BCUT2D eigenvalue weighted by atomic mass is 9.95. The number of benzene rings is 1. The molecule has 1 radical (unpaired) electrons. The molecule has 1 aromatic rings. The lowest BCUT2D eigenvalue weighted by molar-refractivity contribution is 0.607. The number of hydrogen-bond donors (Lipinski definition) is 0. The Labute approximate surface area is 119 Å². The normalized spacial score (nSPS) is 12.1. The van der Waals surface area contributed by atoms with Crippen molar-refractivity contribution in [2.45, 2.75) is 71.1 Å². The maximum Gasteiger partial charge on any atom is 0.0459 e. The quantitative estimate of drug-likeness (QED) is 0.394. The van der Waals surface area contributed by atoms with Crippen LogP contribution in [0.15, 0.2) is 24.3 Å². The Kier molecular flexibility index (Phi) is 8.07. The van der Waals surface area contributed by atoms with Gasteiger partial charge in [0.15, 0.2) is 0 Å². The van der Waals surface area contributed by atoms with E-state index in [9.17, 15) is 0 Å². The van der Waals surface area contributed by atoms with Crippen LogP contribution in [-0.2, 0) is 6.42 Å². The lowest BCUT2D eigenvalue weighted by Gasteiger charge is -2.09. The van der Waals surface area contributed by atoms with Crippen molar-refractivity contribution in [3.8, 4) is 5.92 Å². The van der Waals surface area contributed by atoms with Crippen molar-refractivity contribution in [1.29, 1.82) is 0 Å². The fourth-order valence-corrected chi connectivity index (χ4v) is 2.45. The van der Waals surface area contributed by atoms with Gasteiger partial charge in [-0.15, -0.1) is 0 Å². The minimum Gasteiger partial charge on any atom is -0.0809 e. The molecule has 0 bridgehead atoms. The van der Waals surface area contributed by atoms with E-state index in [1.165, 1.54) is 56.1 Å². The van der Waals surface area contributed by atoms with Crippen molar-refractivity contribution in [3.05, 3.63) is 41.8 Å². The fourth-order valence-electron chi connectivity index (χ4n) is 2.45. The lowest BCUT2D eigenvalue weighted by Crippen LogP contribution is -1.94. The molecule has 0 spiro atoms. The van der Waals surface area contributed by atoms with Crippen LogP contribution in [0, 0.1) is 12.3 Å². The van der Waals surface area contributed by atoms with Gasteiger partial charge in [0.2, 0.25) is 0 Å². The summed E-state index contributed by atoms with van der Waals surface area (Å²) in [4.78, 5) is 0. The van der Waals surface area contributed by atoms with E-state index in [0.717, 1.165) is 6.42 Å². The Hall–Kier alpha value is -1.22. The van der Waals surface area contributed by atoms with Crippen molar-refractivity contribution < 1.29 is 0 Å². The molecule has 103 valence electrons. The molecular weight excluding hydrogens is 228 g/mol. The van der Waals surface area contributed by atoms with Gasteiger partial charge in [-0.3, -0.25) is 0 Å². The molecule has 0 heteroatoms. The molecule has 0 aliphatic heterocycles. The van der Waals surface area contributed by atoms with Gasteiger partial charge in [-0.1, -0.05) is 76.1 Å². The molecule has 0 aromatic heterocycles. The summed E-state index contributed by atoms with van der Waals surface area (Å²) in [7, 11) is 0. The molecule has 0 amide bonds. The van der Waals surface area contributed by atoms with E-state index in [-0.39, 0.29) is 5.92 Å². The van der Waals surface area contributed by atoms with Gasteiger partial charge < -0.3 is 0 Å². The fraction of sp³-hybridized carbons (Fsp3) is 0.579. The highest BCUT2D eigenvalue weighted by Crippen LogP contribution is 2.19. The molecule has 1 rings (SSSR count). The van der Waals surface area contributed by atoms with E-state index in [2.05, 4.69) is 44.0 Å². The Morgan fingerprint density at radius 2 is 1.58 bits per heavy atom. The predicted molar refractivity (Wildman–Crippen MR) is 83.7 cm³/mol. The molecule has 0 saturated heterocycles. The highest BCUT2D eigenvalue weighted by atomic mass is 14.1. The Morgan fingerprint density at radius 3 is 2.16 bits per heavy atom. The van der Waals surface area contributed by atoms with Gasteiger partial charge in [0, 0.05) is 5.92 Å². The van der Waals surface area contributed by atoms with Gasteiger partial charge in [-0.2, -0.15) is 0 Å². The second-order valence-electron chi connectivity index (χ2n) is 5.36. The summed E-state index contributed by atoms with van der Waals surface area (Å²) in [6, 6.07) is 8.78. The second kappa shape index (κ2) is 9.68. The minimum absolute atomic E-state index is 0.170. The molecule has 0 fully saturated rings. The van der Waals surface area contributed by atoms with Crippen molar-refractivity contribution in [2.24, 2.45) is 0 Å². The molecular formula is C19H27. The van der Waals surface area contributed by atoms with Crippen molar-refractivity contribution >= 4 is 0 Å². The van der Waals surface area contributed by atoms with E-state index < -0.39 is 0 Å². The molecule has 1 atom stereocenters. The molecule has 1 aromatic carbocycles. The van der Waals surface area contributed by atoms with Gasteiger partial charge in [0.05, 0.1) is 0 Å². The third-order valence-electron chi connectivity index (χ3n) is 3.78. The standard InChI is InChI=1S/C19H27/c1-4-7-8-9-10-11-12-17-13-15-19(16-14-17)18(5-2)6-3/h13-16,18H,4-5,7-12H2,1-2H3. The number of rotatable bonds is 9. The molecule has 0 heterocycles. The molecule has 0 nitrogen and oxygen atoms in total. The van der Waals surface area contributed by atoms with Crippen LogP contribution in [-0.4, -0.2) is 0 Å². The number of aryl methyl sites for hydroxylation is 1. The highest BCUT2D eigenvalue weighted by Gasteiger charge is 2.05. The number of unbranched alkanes of at least 4 members (excludes halogenated alkanes) is 5.